The predicted molar refractivity (Wildman–Crippen MR) is 296 cm³/mol. The number of imide groups is 1. The molecule has 3 aromatic carbocycles. The van der Waals surface area contributed by atoms with Gasteiger partial charge < -0.3 is 68.8 Å². The summed E-state index contributed by atoms with van der Waals surface area (Å²) < 4.78 is 10.0. The number of benzene rings is 3. The number of ether oxygens (including phenoxy) is 2. The summed E-state index contributed by atoms with van der Waals surface area (Å²) in [6, 6.07) is 9.49. The van der Waals surface area contributed by atoms with E-state index in [-0.39, 0.29) is 75.3 Å². The van der Waals surface area contributed by atoms with Crippen LogP contribution in [0, 0.1) is 11.8 Å². The van der Waals surface area contributed by atoms with Crippen LogP contribution >= 0.6 is 0 Å². The Kier molecular flexibility index (Phi) is 25.1. The van der Waals surface area contributed by atoms with Crippen LogP contribution in [0.1, 0.15) is 105 Å². The molecule has 13 N–H and O–H groups in total. The molecular weight excluding hydrogens is 1070 g/mol. The molecule has 4 atom stereocenters. The summed E-state index contributed by atoms with van der Waals surface area (Å²) in [6.45, 7) is 8.78. The third-order valence-corrected chi connectivity index (χ3v) is 12.2. The van der Waals surface area contributed by atoms with E-state index in [4.69, 9.17) is 20.9 Å². The van der Waals surface area contributed by atoms with Gasteiger partial charge in [0.1, 0.15) is 37.4 Å². The van der Waals surface area contributed by atoms with Crippen LogP contribution in [-0.4, -0.2) is 126 Å². The number of carbonyl (C=O) groups is 13. The van der Waals surface area contributed by atoms with Gasteiger partial charge in [0.05, 0.1) is 0 Å². The number of rotatable bonds is 30. The molecule has 27 nitrogen and oxygen atoms in total. The largest absolute Gasteiger partial charge is 0.461 e. The molecule has 27 heteroatoms. The fraction of sp³-hybridized carbons (Fsp3) is 0.400. The average molecular weight is 1140 g/mol. The van der Waals surface area contributed by atoms with Crippen molar-refractivity contribution in [1.82, 2.24) is 36.8 Å². The molecule has 13 amide bonds. The van der Waals surface area contributed by atoms with Crippen LogP contribution in [-0.2, 0) is 65.8 Å². The van der Waals surface area contributed by atoms with E-state index in [2.05, 4.69) is 47.9 Å². The van der Waals surface area contributed by atoms with E-state index in [0.717, 1.165) is 23.1 Å². The van der Waals surface area contributed by atoms with Crippen LogP contribution in [0.25, 0.3) is 0 Å². The van der Waals surface area contributed by atoms with Gasteiger partial charge in [0, 0.05) is 80.2 Å². The van der Waals surface area contributed by atoms with E-state index in [0.29, 0.717) is 22.5 Å². The number of nitrogens with zero attached hydrogens (tertiary/aromatic N) is 1. The van der Waals surface area contributed by atoms with E-state index in [1.807, 2.05) is 0 Å². The highest BCUT2D eigenvalue weighted by atomic mass is 16.5. The molecule has 0 spiro atoms. The van der Waals surface area contributed by atoms with Crippen molar-refractivity contribution in [2.24, 2.45) is 23.3 Å². The lowest BCUT2D eigenvalue weighted by atomic mass is 10.00. The summed E-state index contributed by atoms with van der Waals surface area (Å²) in [6.07, 6.45) is 2.04. The van der Waals surface area contributed by atoms with Crippen LogP contribution in [0.2, 0.25) is 0 Å². The SMILES string of the molecule is CC(=O)OCc1ccc(NC(=O)C(CCCNC(N)=O)NC(=O)C(NC(=O)c2cc(NC(=O)CCN3C(=O)C=CC3=O)cc(C(=O)NC(C(=O)NC(CCCNC(N)=O)C(=O)Nc3ccc(COC(C)=O)cc3)C(C)C)c2)C(C)C)cc1. The molecule has 1 heterocycles. The van der Waals surface area contributed by atoms with Gasteiger partial charge in [-0.3, -0.25) is 57.6 Å². The van der Waals surface area contributed by atoms with Crippen molar-refractivity contribution in [1.29, 1.82) is 0 Å². The van der Waals surface area contributed by atoms with Crippen molar-refractivity contribution in [3.05, 3.63) is 101 Å². The fourth-order valence-corrected chi connectivity index (χ4v) is 7.86. The zero-order chi connectivity index (χ0) is 60.6. The Balaban J connectivity index is 1.61. The first-order valence-corrected chi connectivity index (χ1v) is 26.1. The zero-order valence-corrected chi connectivity index (χ0v) is 46.3. The number of anilines is 3. The first kappa shape index (κ1) is 64.8. The number of nitrogens with two attached hydrogens (primary N) is 2. The third-order valence-electron chi connectivity index (χ3n) is 12.2. The molecule has 0 bridgehead atoms. The topological polar surface area (TPSA) is 404 Å². The van der Waals surface area contributed by atoms with Gasteiger partial charge in [0.15, 0.2) is 0 Å². The first-order chi connectivity index (χ1) is 38.8. The lowest BCUT2D eigenvalue weighted by Crippen LogP contribution is -2.55. The Labute approximate surface area is 472 Å². The fourth-order valence-electron chi connectivity index (χ4n) is 7.86. The van der Waals surface area contributed by atoms with Crippen molar-refractivity contribution in [2.75, 3.05) is 35.6 Å². The average Bonchev–Trinajstić information content (AvgIpc) is 3.83. The molecule has 1 aliphatic rings. The van der Waals surface area contributed by atoms with Crippen LogP contribution < -0.4 is 59.3 Å². The second-order valence-electron chi connectivity index (χ2n) is 19.6. The Morgan fingerprint density at radius 2 is 0.902 bits per heavy atom. The van der Waals surface area contributed by atoms with Crippen molar-refractivity contribution in [2.45, 2.75) is 111 Å². The number of primary amides is 2. The molecule has 0 aromatic heterocycles. The summed E-state index contributed by atoms with van der Waals surface area (Å²) in [7, 11) is 0. The number of amides is 13. The lowest BCUT2D eigenvalue weighted by molar-refractivity contribution is -0.143. The van der Waals surface area contributed by atoms with Crippen LogP contribution in [0.15, 0.2) is 78.9 Å². The van der Waals surface area contributed by atoms with Gasteiger partial charge in [0.2, 0.25) is 29.5 Å². The first-order valence-electron chi connectivity index (χ1n) is 26.1. The van der Waals surface area contributed by atoms with Crippen molar-refractivity contribution < 1.29 is 71.8 Å². The third kappa shape index (κ3) is 21.9. The molecule has 0 aliphatic carbocycles. The van der Waals surface area contributed by atoms with E-state index in [1.165, 1.54) is 26.0 Å². The number of hydrogen-bond donors (Lipinski definition) is 11. The van der Waals surface area contributed by atoms with Gasteiger partial charge in [-0.2, -0.15) is 0 Å². The van der Waals surface area contributed by atoms with Crippen LogP contribution in [0.3, 0.4) is 0 Å². The highest BCUT2D eigenvalue weighted by molar-refractivity contribution is 6.13. The second-order valence-corrected chi connectivity index (χ2v) is 19.6. The predicted octanol–water partition coefficient (Wildman–Crippen LogP) is 1.72. The van der Waals surface area contributed by atoms with Crippen molar-refractivity contribution in [3.63, 3.8) is 0 Å². The highest BCUT2D eigenvalue weighted by Crippen LogP contribution is 2.20. The molecule has 440 valence electrons. The van der Waals surface area contributed by atoms with Gasteiger partial charge in [-0.1, -0.05) is 52.0 Å². The Hall–Kier alpha value is -9.69. The van der Waals surface area contributed by atoms with Crippen molar-refractivity contribution >= 4 is 94.2 Å². The summed E-state index contributed by atoms with van der Waals surface area (Å²) in [4.78, 5) is 168. The van der Waals surface area contributed by atoms with Gasteiger partial charge >= 0.3 is 24.0 Å². The van der Waals surface area contributed by atoms with Crippen LogP contribution in [0.5, 0.6) is 0 Å². The van der Waals surface area contributed by atoms with E-state index in [1.54, 1.807) is 76.2 Å². The molecule has 0 saturated heterocycles. The molecule has 0 radical (unpaired) electrons. The summed E-state index contributed by atoms with van der Waals surface area (Å²) in [5.74, 6) is -9.03. The van der Waals surface area contributed by atoms with E-state index < -0.39 is 120 Å². The van der Waals surface area contributed by atoms with Gasteiger partial charge in [-0.25, -0.2) is 9.59 Å². The van der Waals surface area contributed by atoms with E-state index >= 15 is 0 Å². The molecule has 3 aromatic rings. The minimum atomic E-state index is -1.34. The van der Waals surface area contributed by atoms with Gasteiger partial charge in [-0.15, -0.1) is 0 Å². The maximum atomic E-state index is 14.3. The van der Waals surface area contributed by atoms with Crippen LogP contribution in [0.4, 0.5) is 26.7 Å². The quantitative estimate of drug-likeness (QED) is 0.0257. The minimum absolute atomic E-state index is 0.00154. The van der Waals surface area contributed by atoms with Crippen molar-refractivity contribution in [3.8, 4) is 0 Å². The standard InChI is InChI=1S/C55H70N12O15/c1-30(2)46(52(77)63-41(9-7-22-58-54(56)79)50(75)61-38-15-11-34(12-16-38)28-81-32(5)68)65-48(73)36-25-37(27-40(26-36)60-43(70)21-24-67-44(71)19-20-45(67)72)49(74)66-47(31(3)4)53(78)64-42(10-8-23-59-55(57)80)51(76)62-39-17-13-35(14-18-39)29-82-33(6)69/h11-20,25-27,30-31,41-42,46-47H,7-10,21-24,28-29H2,1-6H3,(H,60,70)(H,61,75)(H,62,76)(H,63,77)(H,64,78)(H,65,73)(H,66,74)(H3,56,58,79)(H3,57,59,80). The summed E-state index contributed by atoms with van der Waals surface area (Å²) >= 11 is 0. The Bertz CT molecular complexity index is 2710. The number of hydrogen-bond acceptors (Lipinski definition) is 15. The molecule has 0 fully saturated rings. The Morgan fingerprint density at radius 1 is 0.512 bits per heavy atom. The monoisotopic (exact) mass is 1140 g/mol. The summed E-state index contributed by atoms with van der Waals surface area (Å²) in [5.41, 5.74) is 11.7. The van der Waals surface area contributed by atoms with E-state index in [9.17, 15) is 62.3 Å². The number of carbonyl (C=O) groups excluding carboxylic acids is 13. The van der Waals surface area contributed by atoms with Gasteiger partial charge in [0.25, 0.3) is 23.6 Å². The Morgan fingerprint density at radius 3 is 1.26 bits per heavy atom. The molecule has 82 heavy (non-hydrogen) atoms. The molecule has 4 unspecified atom stereocenters. The highest BCUT2D eigenvalue weighted by Gasteiger charge is 2.32. The minimum Gasteiger partial charge on any atom is -0.461 e. The molecular formula is C55H70N12O15. The van der Waals surface area contributed by atoms with Gasteiger partial charge in [-0.05, 0) is 91.1 Å². The summed E-state index contributed by atoms with van der Waals surface area (Å²) in [5, 5.41) is 23.5. The molecule has 4 rings (SSSR count). The second kappa shape index (κ2) is 31.8. The maximum Gasteiger partial charge on any atom is 0.312 e. The number of urea groups is 2. The normalized spacial score (nSPS) is 13.1. The number of nitrogens with one attached hydrogen (secondary N) is 9. The lowest BCUT2D eigenvalue weighted by Gasteiger charge is -2.26. The maximum absolute atomic E-state index is 14.3. The smallest absolute Gasteiger partial charge is 0.312 e. The zero-order valence-electron chi connectivity index (χ0n) is 46.3. The molecule has 0 saturated carbocycles. The molecule has 1 aliphatic heterocycles. The number of esters is 2.